The van der Waals surface area contributed by atoms with Gasteiger partial charge in [0.05, 0.1) is 13.1 Å². The van der Waals surface area contributed by atoms with Crippen molar-refractivity contribution in [2.75, 3.05) is 19.7 Å². The SMILES string of the molecule is O=C(NCCOc1ccccc1)NC[C@H](O)C(=O)O. The van der Waals surface area contributed by atoms with E-state index in [2.05, 4.69) is 10.6 Å². The maximum absolute atomic E-state index is 11.2. The van der Waals surface area contributed by atoms with Crippen LogP contribution in [-0.4, -0.2) is 48.0 Å². The minimum atomic E-state index is -1.61. The van der Waals surface area contributed by atoms with Gasteiger partial charge < -0.3 is 25.6 Å². The largest absolute Gasteiger partial charge is 0.492 e. The fourth-order valence-corrected chi connectivity index (χ4v) is 1.19. The van der Waals surface area contributed by atoms with Gasteiger partial charge in [0.2, 0.25) is 0 Å². The molecular weight excluding hydrogens is 252 g/mol. The summed E-state index contributed by atoms with van der Waals surface area (Å²) in [7, 11) is 0. The summed E-state index contributed by atoms with van der Waals surface area (Å²) < 4.78 is 5.33. The summed E-state index contributed by atoms with van der Waals surface area (Å²) >= 11 is 0. The van der Waals surface area contributed by atoms with Crippen LogP contribution >= 0.6 is 0 Å². The molecule has 1 rings (SSSR count). The zero-order chi connectivity index (χ0) is 14.1. The fraction of sp³-hybridized carbons (Fsp3) is 0.333. The van der Waals surface area contributed by atoms with E-state index in [1.807, 2.05) is 18.2 Å². The molecule has 2 amide bonds. The highest BCUT2D eigenvalue weighted by molar-refractivity contribution is 5.76. The Bertz CT molecular complexity index is 410. The predicted octanol–water partition coefficient (Wildman–Crippen LogP) is -0.190. The lowest BCUT2D eigenvalue weighted by molar-refractivity contribution is -0.146. The van der Waals surface area contributed by atoms with Crippen LogP contribution in [0.15, 0.2) is 30.3 Å². The van der Waals surface area contributed by atoms with Gasteiger partial charge in [-0.3, -0.25) is 0 Å². The first-order valence-electron chi connectivity index (χ1n) is 5.70. The number of urea groups is 1. The molecule has 0 heterocycles. The van der Waals surface area contributed by atoms with Gasteiger partial charge in [-0.05, 0) is 12.1 Å². The van der Waals surface area contributed by atoms with Crippen molar-refractivity contribution >= 4 is 12.0 Å². The first-order chi connectivity index (χ1) is 9.09. The highest BCUT2D eigenvalue weighted by Gasteiger charge is 2.13. The average molecular weight is 268 g/mol. The van der Waals surface area contributed by atoms with Gasteiger partial charge in [0.15, 0.2) is 6.10 Å². The van der Waals surface area contributed by atoms with Gasteiger partial charge in [0.25, 0.3) is 0 Å². The van der Waals surface area contributed by atoms with Gasteiger partial charge in [-0.2, -0.15) is 0 Å². The van der Waals surface area contributed by atoms with E-state index in [-0.39, 0.29) is 13.1 Å². The van der Waals surface area contributed by atoms with Crippen molar-refractivity contribution in [1.29, 1.82) is 0 Å². The van der Waals surface area contributed by atoms with Gasteiger partial charge in [0, 0.05) is 0 Å². The van der Waals surface area contributed by atoms with Crippen molar-refractivity contribution in [2.45, 2.75) is 6.10 Å². The normalized spacial score (nSPS) is 11.4. The molecule has 19 heavy (non-hydrogen) atoms. The molecular formula is C12H16N2O5. The van der Waals surface area contributed by atoms with E-state index in [0.29, 0.717) is 12.4 Å². The van der Waals surface area contributed by atoms with Gasteiger partial charge in [-0.25, -0.2) is 9.59 Å². The molecule has 1 aromatic rings. The van der Waals surface area contributed by atoms with Gasteiger partial charge in [-0.15, -0.1) is 0 Å². The highest BCUT2D eigenvalue weighted by atomic mass is 16.5. The number of para-hydroxylation sites is 1. The van der Waals surface area contributed by atoms with Crippen molar-refractivity contribution in [3.63, 3.8) is 0 Å². The molecule has 1 aromatic carbocycles. The highest BCUT2D eigenvalue weighted by Crippen LogP contribution is 2.07. The predicted molar refractivity (Wildman–Crippen MR) is 67.0 cm³/mol. The van der Waals surface area contributed by atoms with Crippen LogP contribution in [-0.2, 0) is 4.79 Å². The molecule has 7 nitrogen and oxygen atoms in total. The Morgan fingerprint density at radius 3 is 2.53 bits per heavy atom. The van der Waals surface area contributed by atoms with Crippen LogP contribution in [0.4, 0.5) is 4.79 Å². The van der Waals surface area contributed by atoms with Crippen LogP contribution in [0.5, 0.6) is 5.75 Å². The van der Waals surface area contributed by atoms with Gasteiger partial charge >= 0.3 is 12.0 Å². The molecule has 0 bridgehead atoms. The number of carbonyl (C=O) groups is 2. The number of hydrogen-bond donors (Lipinski definition) is 4. The summed E-state index contributed by atoms with van der Waals surface area (Å²) in [6.07, 6.45) is -1.61. The Morgan fingerprint density at radius 1 is 1.21 bits per heavy atom. The number of amides is 2. The molecule has 0 aliphatic carbocycles. The lowest BCUT2D eigenvalue weighted by Crippen LogP contribution is -2.43. The van der Waals surface area contributed by atoms with E-state index < -0.39 is 18.1 Å². The van der Waals surface area contributed by atoms with Crippen LogP contribution in [0, 0.1) is 0 Å². The summed E-state index contributed by atoms with van der Waals surface area (Å²) in [5.41, 5.74) is 0. The number of hydrogen-bond acceptors (Lipinski definition) is 4. The topological polar surface area (TPSA) is 108 Å². The van der Waals surface area contributed by atoms with E-state index in [0.717, 1.165) is 0 Å². The molecule has 7 heteroatoms. The Morgan fingerprint density at radius 2 is 1.89 bits per heavy atom. The number of carbonyl (C=O) groups excluding carboxylic acids is 1. The number of ether oxygens (including phenoxy) is 1. The van der Waals surface area contributed by atoms with Crippen molar-refractivity contribution in [3.05, 3.63) is 30.3 Å². The van der Waals surface area contributed by atoms with Crippen LogP contribution in [0.1, 0.15) is 0 Å². The quantitative estimate of drug-likeness (QED) is 0.513. The van der Waals surface area contributed by atoms with Crippen LogP contribution in [0.2, 0.25) is 0 Å². The van der Waals surface area contributed by atoms with E-state index in [1.54, 1.807) is 12.1 Å². The third kappa shape index (κ3) is 6.27. The second-order valence-corrected chi connectivity index (χ2v) is 3.65. The maximum atomic E-state index is 11.2. The molecule has 0 unspecified atom stereocenters. The summed E-state index contributed by atoms with van der Waals surface area (Å²) in [6.45, 7) is 0.212. The summed E-state index contributed by atoms with van der Waals surface area (Å²) in [6, 6.07) is 8.57. The number of aliphatic hydroxyl groups excluding tert-OH is 1. The Balaban J connectivity index is 2.09. The minimum Gasteiger partial charge on any atom is -0.492 e. The lowest BCUT2D eigenvalue weighted by Gasteiger charge is -2.10. The number of carboxylic acids is 1. The van der Waals surface area contributed by atoms with E-state index in [4.69, 9.17) is 14.9 Å². The lowest BCUT2D eigenvalue weighted by atomic mass is 10.3. The molecule has 1 atom stereocenters. The first kappa shape index (κ1) is 14.8. The molecule has 4 N–H and O–H groups in total. The van der Waals surface area contributed by atoms with Crippen molar-refractivity contribution in [2.24, 2.45) is 0 Å². The molecule has 0 fully saturated rings. The summed E-state index contributed by atoms with van der Waals surface area (Å²) in [4.78, 5) is 21.5. The molecule has 0 spiro atoms. The minimum absolute atomic E-state index is 0.268. The maximum Gasteiger partial charge on any atom is 0.334 e. The second kappa shape index (κ2) is 7.93. The summed E-state index contributed by atoms with van der Waals surface area (Å²) in [5, 5.41) is 22.0. The molecule has 104 valence electrons. The number of aliphatic hydroxyl groups is 1. The molecule has 0 aliphatic rings. The molecule has 0 aromatic heterocycles. The van der Waals surface area contributed by atoms with E-state index >= 15 is 0 Å². The number of rotatable bonds is 7. The van der Waals surface area contributed by atoms with E-state index in [9.17, 15) is 9.59 Å². The average Bonchev–Trinajstić information content (AvgIpc) is 2.42. The van der Waals surface area contributed by atoms with E-state index in [1.165, 1.54) is 0 Å². The van der Waals surface area contributed by atoms with Crippen LogP contribution in [0.3, 0.4) is 0 Å². The number of aliphatic carboxylic acids is 1. The zero-order valence-corrected chi connectivity index (χ0v) is 10.2. The molecule has 0 saturated carbocycles. The van der Waals surface area contributed by atoms with Gasteiger partial charge in [0.1, 0.15) is 12.4 Å². The standard InChI is InChI=1S/C12H16N2O5/c15-10(11(16)17)8-14-12(18)13-6-7-19-9-4-2-1-3-5-9/h1-5,10,15H,6-8H2,(H,16,17)(H2,13,14,18)/t10-/m0/s1. The van der Waals surface area contributed by atoms with Crippen molar-refractivity contribution in [3.8, 4) is 5.75 Å². The third-order valence-corrected chi connectivity index (χ3v) is 2.14. The van der Waals surface area contributed by atoms with Gasteiger partial charge in [-0.1, -0.05) is 18.2 Å². The van der Waals surface area contributed by atoms with Crippen LogP contribution < -0.4 is 15.4 Å². The monoisotopic (exact) mass is 268 g/mol. The molecule has 0 saturated heterocycles. The number of nitrogens with one attached hydrogen (secondary N) is 2. The number of benzene rings is 1. The number of carboxylic acid groups (broad SMARTS) is 1. The Labute approximate surface area is 110 Å². The van der Waals surface area contributed by atoms with Crippen molar-refractivity contribution < 1.29 is 24.5 Å². The first-order valence-corrected chi connectivity index (χ1v) is 5.70. The molecule has 0 radical (unpaired) electrons. The smallest absolute Gasteiger partial charge is 0.334 e. The Kier molecular flexibility index (Phi) is 6.17. The third-order valence-electron chi connectivity index (χ3n) is 2.14. The Hall–Kier alpha value is -2.28. The molecule has 0 aliphatic heterocycles. The van der Waals surface area contributed by atoms with Crippen molar-refractivity contribution in [1.82, 2.24) is 10.6 Å². The second-order valence-electron chi connectivity index (χ2n) is 3.65. The fourth-order valence-electron chi connectivity index (χ4n) is 1.19. The summed E-state index contributed by atoms with van der Waals surface area (Å²) in [5.74, 6) is -0.682. The van der Waals surface area contributed by atoms with Crippen LogP contribution in [0.25, 0.3) is 0 Å². The zero-order valence-electron chi connectivity index (χ0n) is 10.2.